The molecule has 0 unspecified atom stereocenters. The maximum absolute atomic E-state index is 5.93. The van der Waals surface area contributed by atoms with Crippen molar-refractivity contribution in [2.24, 2.45) is 7.05 Å². The third-order valence-corrected chi connectivity index (χ3v) is 2.81. The Labute approximate surface area is 92.9 Å². The Balaban J connectivity index is 2.65. The summed E-state index contributed by atoms with van der Waals surface area (Å²) in [6.45, 7) is 0. The minimum absolute atomic E-state index is 0.289. The van der Waals surface area contributed by atoms with Crippen LogP contribution in [0.5, 0.6) is 0 Å². The molecule has 7 heteroatoms. The summed E-state index contributed by atoms with van der Waals surface area (Å²) in [6, 6.07) is 0. The lowest BCUT2D eigenvalue weighted by Crippen LogP contribution is -1.93. The van der Waals surface area contributed by atoms with E-state index in [-0.39, 0.29) is 5.82 Å². The second kappa shape index (κ2) is 3.29. The number of hydrogen-bond acceptors (Lipinski definition) is 4. The molecule has 2 aromatic rings. The number of rotatable bonds is 1. The molecule has 2 aromatic heterocycles. The zero-order valence-electron chi connectivity index (χ0n) is 7.16. The van der Waals surface area contributed by atoms with E-state index in [1.54, 1.807) is 11.7 Å². The lowest BCUT2D eigenvalue weighted by atomic mass is 10.3. The quantitative estimate of drug-likeness (QED) is 0.866. The average Bonchev–Trinajstić information content (AvgIpc) is 2.62. The summed E-state index contributed by atoms with van der Waals surface area (Å²) in [4.78, 5) is 0. The van der Waals surface area contributed by atoms with E-state index in [1.807, 2.05) is 0 Å². The van der Waals surface area contributed by atoms with Crippen LogP contribution in [-0.4, -0.2) is 14.9 Å². The number of halogens is 2. The first-order valence-electron chi connectivity index (χ1n) is 3.69. The van der Waals surface area contributed by atoms with Crippen LogP contribution in [0.4, 0.5) is 5.82 Å². The van der Waals surface area contributed by atoms with Gasteiger partial charge < -0.3 is 10.3 Å². The van der Waals surface area contributed by atoms with Crippen LogP contribution >= 0.6 is 27.5 Å². The van der Waals surface area contributed by atoms with Gasteiger partial charge in [-0.15, -0.1) is 0 Å². The molecule has 0 spiro atoms. The Hall–Kier alpha value is -1.01. The maximum Gasteiger partial charge on any atom is 0.202 e. The van der Waals surface area contributed by atoms with Crippen LogP contribution in [0.2, 0.25) is 5.02 Å². The molecule has 2 N–H and O–H groups in total. The third-order valence-electron chi connectivity index (χ3n) is 1.77. The highest BCUT2D eigenvalue weighted by Crippen LogP contribution is 2.35. The molecule has 74 valence electrons. The molecule has 0 fully saturated rings. The van der Waals surface area contributed by atoms with Crippen LogP contribution < -0.4 is 5.73 Å². The predicted molar refractivity (Wildman–Crippen MR) is 55.8 cm³/mol. The predicted octanol–water partition coefficient (Wildman–Crippen LogP) is 2.07. The fourth-order valence-corrected chi connectivity index (χ4v) is 1.69. The number of nitrogens with zero attached hydrogens (tertiary/aromatic N) is 3. The highest BCUT2D eigenvalue weighted by Gasteiger charge is 2.19. The Morgan fingerprint density at radius 3 is 2.79 bits per heavy atom. The van der Waals surface area contributed by atoms with Crippen LogP contribution in [0.15, 0.2) is 15.2 Å². The van der Waals surface area contributed by atoms with E-state index in [0.717, 1.165) is 0 Å². The standard InChI is InChI=1S/C7H6BrClN4O/c1-13-5(3(9)2-11-13)6-4(8)7(10)12-14-6/h2H,1H3,(H2,10,12). The van der Waals surface area contributed by atoms with E-state index < -0.39 is 0 Å². The third kappa shape index (κ3) is 1.31. The number of nitrogens with two attached hydrogens (primary N) is 1. The largest absolute Gasteiger partial charge is 0.380 e. The Kier molecular flexibility index (Phi) is 2.24. The molecule has 2 heterocycles. The van der Waals surface area contributed by atoms with Gasteiger partial charge in [-0.05, 0) is 15.9 Å². The maximum atomic E-state index is 5.93. The van der Waals surface area contributed by atoms with Gasteiger partial charge in [0.25, 0.3) is 0 Å². The molecule has 0 aliphatic rings. The minimum atomic E-state index is 0.289. The summed E-state index contributed by atoms with van der Waals surface area (Å²) in [5, 5.41) is 8.08. The van der Waals surface area contributed by atoms with Crippen molar-refractivity contribution in [3.05, 3.63) is 15.7 Å². The van der Waals surface area contributed by atoms with E-state index >= 15 is 0 Å². The van der Waals surface area contributed by atoms with Gasteiger partial charge in [-0.2, -0.15) is 5.10 Å². The Morgan fingerprint density at radius 1 is 1.64 bits per heavy atom. The molecule has 0 aliphatic carbocycles. The number of aromatic nitrogens is 3. The normalized spacial score (nSPS) is 10.8. The van der Waals surface area contributed by atoms with Gasteiger partial charge in [0.2, 0.25) is 5.76 Å². The van der Waals surface area contributed by atoms with Crippen LogP contribution in [0.1, 0.15) is 0 Å². The molecule has 14 heavy (non-hydrogen) atoms. The van der Waals surface area contributed by atoms with Gasteiger partial charge in [0.15, 0.2) is 5.82 Å². The van der Waals surface area contributed by atoms with Crippen molar-refractivity contribution in [2.75, 3.05) is 5.73 Å². The molecule has 0 radical (unpaired) electrons. The summed E-state index contributed by atoms with van der Waals surface area (Å²) in [5.41, 5.74) is 6.16. The van der Waals surface area contributed by atoms with Gasteiger partial charge in [0.1, 0.15) is 10.2 Å². The second-order valence-electron chi connectivity index (χ2n) is 2.68. The van der Waals surface area contributed by atoms with E-state index in [4.69, 9.17) is 21.9 Å². The molecule has 0 atom stereocenters. The first kappa shape index (κ1) is 9.54. The molecule has 0 aliphatic heterocycles. The highest BCUT2D eigenvalue weighted by atomic mass is 79.9. The molecular formula is C7H6BrClN4O. The van der Waals surface area contributed by atoms with Crippen molar-refractivity contribution in [3.8, 4) is 11.5 Å². The van der Waals surface area contributed by atoms with Crippen molar-refractivity contribution >= 4 is 33.3 Å². The SMILES string of the molecule is Cn1ncc(Cl)c1-c1onc(N)c1Br. The first-order chi connectivity index (χ1) is 6.61. The number of nitrogen functional groups attached to an aromatic ring is 1. The van der Waals surface area contributed by atoms with Crippen molar-refractivity contribution in [3.63, 3.8) is 0 Å². The fraction of sp³-hybridized carbons (Fsp3) is 0.143. The molecule has 2 rings (SSSR count). The van der Waals surface area contributed by atoms with Gasteiger partial charge in [0, 0.05) is 7.05 Å². The lowest BCUT2D eigenvalue weighted by Gasteiger charge is -1.97. The summed E-state index contributed by atoms with van der Waals surface area (Å²) in [6.07, 6.45) is 1.53. The van der Waals surface area contributed by atoms with Gasteiger partial charge >= 0.3 is 0 Å². The summed E-state index contributed by atoms with van der Waals surface area (Å²) in [7, 11) is 1.76. The van der Waals surface area contributed by atoms with Crippen LogP contribution in [0.25, 0.3) is 11.5 Å². The number of hydrogen-bond donors (Lipinski definition) is 1. The van der Waals surface area contributed by atoms with Crippen molar-refractivity contribution < 1.29 is 4.52 Å². The minimum Gasteiger partial charge on any atom is -0.380 e. The van der Waals surface area contributed by atoms with Gasteiger partial charge in [-0.3, -0.25) is 4.68 Å². The monoisotopic (exact) mass is 276 g/mol. The average molecular weight is 278 g/mol. The highest BCUT2D eigenvalue weighted by molar-refractivity contribution is 9.10. The smallest absolute Gasteiger partial charge is 0.202 e. The van der Waals surface area contributed by atoms with E-state index in [9.17, 15) is 0 Å². The van der Waals surface area contributed by atoms with Crippen LogP contribution in [0.3, 0.4) is 0 Å². The molecule has 0 saturated heterocycles. The van der Waals surface area contributed by atoms with Crippen molar-refractivity contribution in [1.29, 1.82) is 0 Å². The van der Waals surface area contributed by atoms with E-state index in [1.165, 1.54) is 6.20 Å². The molecule has 0 saturated carbocycles. The Bertz CT molecular complexity index is 458. The van der Waals surface area contributed by atoms with Crippen molar-refractivity contribution in [2.45, 2.75) is 0 Å². The summed E-state index contributed by atoms with van der Waals surface area (Å²) < 4.78 is 7.21. The molecule has 0 amide bonds. The first-order valence-corrected chi connectivity index (χ1v) is 4.87. The van der Waals surface area contributed by atoms with Crippen LogP contribution in [-0.2, 0) is 7.05 Å². The topological polar surface area (TPSA) is 69.9 Å². The molecule has 0 aromatic carbocycles. The zero-order chi connectivity index (χ0) is 10.3. The number of aryl methyl sites for hydroxylation is 1. The Morgan fingerprint density at radius 2 is 2.36 bits per heavy atom. The van der Waals surface area contributed by atoms with Crippen LogP contribution in [0, 0.1) is 0 Å². The van der Waals surface area contributed by atoms with Crippen molar-refractivity contribution in [1.82, 2.24) is 14.9 Å². The molecule has 0 bridgehead atoms. The lowest BCUT2D eigenvalue weighted by molar-refractivity contribution is 0.432. The van der Waals surface area contributed by atoms with E-state index in [0.29, 0.717) is 20.9 Å². The summed E-state index contributed by atoms with van der Waals surface area (Å²) in [5.74, 6) is 0.768. The number of anilines is 1. The van der Waals surface area contributed by atoms with E-state index in [2.05, 4.69) is 26.2 Å². The zero-order valence-corrected chi connectivity index (χ0v) is 9.50. The second-order valence-corrected chi connectivity index (χ2v) is 3.88. The summed E-state index contributed by atoms with van der Waals surface area (Å²) >= 11 is 9.19. The molecule has 5 nitrogen and oxygen atoms in total. The fourth-order valence-electron chi connectivity index (χ4n) is 1.10. The van der Waals surface area contributed by atoms with Gasteiger partial charge in [-0.25, -0.2) is 0 Å². The molecular weight excluding hydrogens is 271 g/mol. The van der Waals surface area contributed by atoms with Gasteiger partial charge in [-0.1, -0.05) is 16.8 Å². The van der Waals surface area contributed by atoms with Gasteiger partial charge in [0.05, 0.1) is 11.2 Å².